The lowest BCUT2D eigenvalue weighted by Gasteiger charge is -2.30. The molecule has 0 spiro atoms. The third-order valence-corrected chi connectivity index (χ3v) is 3.61. The first-order valence-electron chi connectivity index (χ1n) is 6.82. The molecule has 1 unspecified atom stereocenters. The topological polar surface area (TPSA) is 32.5 Å². The fourth-order valence-electron chi connectivity index (χ4n) is 2.27. The third-order valence-electron chi connectivity index (χ3n) is 3.37. The van der Waals surface area contributed by atoms with Crippen LogP contribution in [0.4, 0.5) is 4.39 Å². The Kier molecular flexibility index (Phi) is 6.52. The summed E-state index contributed by atoms with van der Waals surface area (Å²) in [6.07, 6.45) is 0. The molecule has 1 atom stereocenters. The number of hydrogen-bond acceptors (Lipinski definition) is 3. The van der Waals surface area contributed by atoms with Gasteiger partial charge in [-0.2, -0.15) is 0 Å². The van der Waals surface area contributed by atoms with E-state index in [0.29, 0.717) is 23.7 Å². The highest BCUT2D eigenvalue weighted by Gasteiger charge is 2.15. The van der Waals surface area contributed by atoms with E-state index < -0.39 is 0 Å². The number of nitrogens with zero attached hydrogens (tertiary/aromatic N) is 2. The van der Waals surface area contributed by atoms with E-state index in [1.807, 2.05) is 14.1 Å². The first kappa shape index (κ1) is 17.0. The number of benzene rings is 1. The molecule has 0 saturated carbocycles. The van der Waals surface area contributed by atoms with Crippen molar-refractivity contribution in [2.45, 2.75) is 26.4 Å². The Labute approximate surface area is 126 Å². The fourth-order valence-corrected chi connectivity index (χ4v) is 2.40. The first-order valence-corrected chi connectivity index (χ1v) is 7.23. The van der Waals surface area contributed by atoms with Crippen molar-refractivity contribution in [3.8, 4) is 0 Å². The number of likely N-dealkylation sites (N-methyl/N-ethyl adjacent to an activating group) is 2. The minimum absolute atomic E-state index is 0.226. The van der Waals surface area contributed by atoms with Crippen LogP contribution < -0.4 is 5.73 Å². The van der Waals surface area contributed by atoms with Gasteiger partial charge in [-0.05, 0) is 33.6 Å². The molecule has 0 saturated heterocycles. The predicted octanol–water partition coefficient (Wildman–Crippen LogP) is 2.23. The van der Waals surface area contributed by atoms with E-state index in [-0.39, 0.29) is 10.8 Å². The summed E-state index contributed by atoms with van der Waals surface area (Å²) < 4.78 is 14.1. The molecule has 0 radical (unpaired) electrons. The summed E-state index contributed by atoms with van der Waals surface area (Å²) in [4.78, 5) is 4.61. The van der Waals surface area contributed by atoms with Gasteiger partial charge < -0.3 is 10.6 Å². The monoisotopic (exact) mass is 297 g/mol. The van der Waals surface area contributed by atoms with Crippen molar-refractivity contribution in [2.24, 2.45) is 5.73 Å². The van der Waals surface area contributed by atoms with Gasteiger partial charge in [0.15, 0.2) is 0 Å². The van der Waals surface area contributed by atoms with Crippen molar-refractivity contribution >= 4 is 17.2 Å². The minimum atomic E-state index is -0.245. The second kappa shape index (κ2) is 7.67. The molecule has 0 heterocycles. The van der Waals surface area contributed by atoms with Gasteiger partial charge in [-0.3, -0.25) is 4.90 Å². The van der Waals surface area contributed by atoms with Crippen LogP contribution in [0.5, 0.6) is 0 Å². The molecule has 1 rings (SSSR count). The smallest absolute Gasteiger partial charge is 0.128 e. The van der Waals surface area contributed by atoms with Crippen molar-refractivity contribution in [2.75, 3.05) is 27.2 Å². The standard InChI is InChI=1S/C15H24FN3S/c1-5-19(11(2)9-18(3)4)10-13-7-6-12(15(17)20)8-14(13)16/h6-8,11H,5,9-10H2,1-4H3,(H2,17,20). The van der Waals surface area contributed by atoms with Crippen molar-refractivity contribution in [3.63, 3.8) is 0 Å². The largest absolute Gasteiger partial charge is 0.389 e. The Balaban J connectivity index is 2.82. The molecule has 112 valence electrons. The second-order valence-electron chi connectivity index (χ2n) is 5.34. The van der Waals surface area contributed by atoms with Gasteiger partial charge in [0.1, 0.15) is 10.8 Å². The van der Waals surface area contributed by atoms with Crippen LogP contribution in [0.15, 0.2) is 18.2 Å². The molecule has 0 amide bonds. The van der Waals surface area contributed by atoms with E-state index in [2.05, 4.69) is 23.6 Å². The molecule has 1 aromatic carbocycles. The van der Waals surface area contributed by atoms with Crippen LogP contribution in [0, 0.1) is 5.82 Å². The van der Waals surface area contributed by atoms with Crippen LogP contribution in [0.1, 0.15) is 25.0 Å². The van der Waals surface area contributed by atoms with Gasteiger partial charge in [0.05, 0.1) is 0 Å². The highest BCUT2D eigenvalue weighted by molar-refractivity contribution is 7.80. The van der Waals surface area contributed by atoms with Crippen LogP contribution in [-0.4, -0.2) is 48.0 Å². The van der Waals surface area contributed by atoms with Crippen molar-refractivity contribution < 1.29 is 4.39 Å². The zero-order valence-electron chi connectivity index (χ0n) is 12.7. The number of hydrogen-bond donors (Lipinski definition) is 1. The average Bonchev–Trinajstić information content (AvgIpc) is 2.36. The summed E-state index contributed by atoms with van der Waals surface area (Å²) in [5.74, 6) is -0.245. The molecule has 3 nitrogen and oxygen atoms in total. The average molecular weight is 297 g/mol. The summed E-state index contributed by atoms with van der Waals surface area (Å²) in [6.45, 7) is 6.67. The van der Waals surface area contributed by atoms with Crippen LogP contribution >= 0.6 is 12.2 Å². The molecule has 5 heteroatoms. The van der Waals surface area contributed by atoms with Gasteiger partial charge in [0.25, 0.3) is 0 Å². The summed E-state index contributed by atoms with van der Waals surface area (Å²) in [5, 5.41) is 0. The zero-order valence-corrected chi connectivity index (χ0v) is 13.5. The van der Waals surface area contributed by atoms with Gasteiger partial charge >= 0.3 is 0 Å². The number of halogens is 1. The molecule has 0 aliphatic carbocycles. The highest BCUT2D eigenvalue weighted by atomic mass is 32.1. The molecule has 0 bridgehead atoms. The number of rotatable bonds is 7. The number of thiocarbonyl (C=S) groups is 1. The van der Waals surface area contributed by atoms with Crippen LogP contribution in [0.25, 0.3) is 0 Å². The summed E-state index contributed by atoms with van der Waals surface area (Å²) >= 11 is 4.86. The second-order valence-corrected chi connectivity index (χ2v) is 5.78. The van der Waals surface area contributed by atoms with Crippen LogP contribution in [0.2, 0.25) is 0 Å². The van der Waals surface area contributed by atoms with E-state index in [1.54, 1.807) is 12.1 Å². The Bertz CT molecular complexity index is 462. The molecule has 20 heavy (non-hydrogen) atoms. The van der Waals surface area contributed by atoms with E-state index in [4.69, 9.17) is 18.0 Å². The summed E-state index contributed by atoms with van der Waals surface area (Å²) in [5.41, 5.74) is 6.76. The van der Waals surface area contributed by atoms with Crippen molar-refractivity contribution in [1.29, 1.82) is 0 Å². The SMILES string of the molecule is CCN(Cc1ccc(C(N)=S)cc1F)C(C)CN(C)C. The summed E-state index contributed by atoms with van der Waals surface area (Å²) in [7, 11) is 4.09. The van der Waals surface area contributed by atoms with Gasteiger partial charge in [-0.25, -0.2) is 4.39 Å². The maximum absolute atomic E-state index is 14.1. The molecule has 0 aliphatic rings. The predicted molar refractivity (Wildman–Crippen MR) is 86.4 cm³/mol. The lowest BCUT2D eigenvalue weighted by Crippen LogP contribution is -2.39. The van der Waals surface area contributed by atoms with Gasteiger partial charge in [-0.1, -0.05) is 31.3 Å². The molecule has 0 aromatic heterocycles. The lowest BCUT2D eigenvalue weighted by molar-refractivity contribution is 0.172. The summed E-state index contributed by atoms with van der Waals surface area (Å²) in [6, 6.07) is 5.34. The quantitative estimate of drug-likeness (QED) is 0.782. The minimum Gasteiger partial charge on any atom is -0.389 e. The third kappa shape index (κ3) is 4.81. The maximum atomic E-state index is 14.1. The van der Waals surface area contributed by atoms with Gasteiger partial charge in [0.2, 0.25) is 0 Å². The molecular weight excluding hydrogens is 273 g/mol. The zero-order chi connectivity index (χ0) is 15.3. The lowest BCUT2D eigenvalue weighted by atomic mass is 10.1. The normalized spacial score (nSPS) is 12.9. The Morgan fingerprint density at radius 3 is 2.50 bits per heavy atom. The van der Waals surface area contributed by atoms with Crippen molar-refractivity contribution in [1.82, 2.24) is 9.80 Å². The van der Waals surface area contributed by atoms with Crippen LogP contribution in [-0.2, 0) is 6.54 Å². The molecule has 0 fully saturated rings. The Hall–Kier alpha value is -1.04. The van der Waals surface area contributed by atoms with Crippen LogP contribution in [0.3, 0.4) is 0 Å². The van der Waals surface area contributed by atoms with Crippen molar-refractivity contribution in [3.05, 3.63) is 35.1 Å². The maximum Gasteiger partial charge on any atom is 0.128 e. The Morgan fingerprint density at radius 2 is 2.05 bits per heavy atom. The van der Waals surface area contributed by atoms with E-state index in [1.165, 1.54) is 6.07 Å². The van der Waals surface area contributed by atoms with Gasteiger partial charge in [0, 0.05) is 30.3 Å². The molecular formula is C15H24FN3S. The van der Waals surface area contributed by atoms with E-state index in [9.17, 15) is 4.39 Å². The molecule has 1 aromatic rings. The first-order chi connectivity index (χ1) is 9.35. The highest BCUT2D eigenvalue weighted by Crippen LogP contribution is 2.15. The fraction of sp³-hybridized carbons (Fsp3) is 0.533. The number of nitrogens with two attached hydrogens (primary N) is 1. The Morgan fingerprint density at radius 1 is 1.40 bits per heavy atom. The molecule has 0 aliphatic heterocycles. The van der Waals surface area contributed by atoms with Gasteiger partial charge in [-0.15, -0.1) is 0 Å². The van der Waals surface area contributed by atoms with E-state index >= 15 is 0 Å². The molecule has 2 N–H and O–H groups in total. The van der Waals surface area contributed by atoms with E-state index in [0.717, 1.165) is 13.1 Å².